The Balaban J connectivity index is 1.32. The van der Waals surface area contributed by atoms with Gasteiger partial charge in [0, 0.05) is 25.2 Å². The quantitative estimate of drug-likeness (QED) is 0.675. The van der Waals surface area contributed by atoms with Crippen molar-refractivity contribution in [3.8, 4) is 17.1 Å². The van der Waals surface area contributed by atoms with Gasteiger partial charge in [0.2, 0.25) is 11.7 Å². The smallest absolute Gasteiger partial charge is 0.233 e. The molecule has 1 saturated heterocycles. The van der Waals surface area contributed by atoms with Gasteiger partial charge in [0.25, 0.3) is 0 Å². The standard InChI is InChI=1S/C22H22FN3O3/c23-19-4-5-20-17(12-19)11-18(14-28-20)22-24-21(25-29-22)16-3-1-2-15(10-16)13-26-6-8-27-9-7-26/h1-5,10,12,18H,6-9,11,13-14H2/t18-/m1/s1. The van der Waals surface area contributed by atoms with E-state index in [1.807, 2.05) is 12.1 Å². The Morgan fingerprint density at radius 3 is 2.90 bits per heavy atom. The predicted molar refractivity (Wildman–Crippen MR) is 104 cm³/mol. The second kappa shape index (κ2) is 7.93. The minimum Gasteiger partial charge on any atom is -0.492 e. The zero-order chi connectivity index (χ0) is 19.6. The van der Waals surface area contributed by atoms with E-state index in [4.69, 9.17) is 14.0 Å². The summed E-state index contributed by atoms with van der Waals surface area (Å²) in [6.45, 7) is 4.77. The summed E-state index contributed by atoms with van der Waals surface area (Å²) in [6, 6.07) is 12.8. The molecule has 1 atom stereocenters. The molecule has 2 aliphatic rings. The summed E-state index contributed by atoms with van der Waals surface area (Å²) in [5.74, 6) is 1.46. The zero-order valence-electron chi connectivity index (χ0n) is 16.0. The lowest BCUT2D eigenvalue weighted by molar-refractivity contribution is 0.0342. The van der Waals surface area contributed by atoms with Gasteiger partial charge in [-0.05, 0) is 41.8 Å². The Bertz CT molecular complexity index is 1000. The van der Waals surface area contributed by atoms with Crippen molar-refractivity contribution in [1.29, 1.82) is 0 Å². The van der Waals surface area contributed by atoms with E-state index < -0.39 is 0 Å². The maximum absolute atomic E-state index is 13.5. The van der Waals surface area contributed by atoms with Crippen molar-refractivity contribution in [3.05, 3.63) is 65.3 Å². The van der Waals surface area contributed by atoms with Crippen LogP contribution in [0.5, 0.6) is 5.75 Å². The average Bonchev–Trinajstić information content (AvgIpc) is 3.24. The average molecular weight is 395 g/mol. The normalized spacial score (nSPS) is 19.6. The number of benzene rings is 2. The van der Waals surface area contributed by atoms with Gasteiger partial charge in [0.1, 0.15) is 18.2 Å². The lowest BCUT2D eigenvalue weighted by Gasteiger charge is -2.26. The van der Waals surface area contributed by atoms with Crippen LogP contribution in [0.15, 0.2) is 47.0 Å². The molecule has 29 heavy (non-hydrogen) atoms. The van der Waals surface area contributed by atoms with Gasteiger partial charge in [-0.15, -0.1) is 0 Å². The summed E-state index contributed by atoms with van der Waals surface area (Å²) in [7, 11) is 0. The summed E-state index contributed by atoms with van der Waals surface area (Å²) in [4.78, 5) is 6.98. The third kappa shape index (κ3) is 4.02. The van der Waals surface area contributed by atoms with Crippen molar-refractivity contribution in [2.24, 2.45) is 0 Å². The second-order valence-corrected chi connectivity index (χ2v) is 7.51. The number of morpholine rings is 1. The number of hydrogen-bond donors (Lipinski definition) is 0. The number of rotatable bonds is 4. The van der Waals surface area contributed by atoms with E-state index in [1.54, 1.807) is 6.07 Å². The highest BCUT2D eigenvalue weighted by atomic mass is 19.1. The highest BCUT2D eigenvalue weighted by molar-refractivity contribution is 5.55. The maximum atomic E-state index is 13.5. The third-order valence-electron chi connectivity index (χ3n) is 5.41. The maximum Gasteiger partial charge on any atom is 0.233 e. The van der Waals surface area contributed by atoms with Crippen LogP contribution in [0.1, 0.15) is 22.9 Å². The molecule has 0 unspecified atom stereocenters. The van der Waals surface area contributed by atoms with Crippen molar-refractivity contribution in [1.82, 2.24) is 15.0 Å². The number of aromatic nitrogens is 2. The molecule has 3 heterocycles. The Morgan fingerprint density at radius 2 is 2.00 bits per heavy atom. The van der Waals surface area contributed by atoms with Crippen LogP contribution in [0.2, 0.25) is 0 Å². The number of nitrogens with zero attached hydrogens (tertiary/aromatic N) is 3. The van der Waals surface area contributed by atoms with Gasteiger partial charge in [-0.3, -0.25) is 4.90 Å². The Hall–Kier alpha value is -2.77. The van der Waals surface area contributed by atoms with Gasteiger partial charge >= 0.3 is 0 Å². The van der Waals surface area contributed by atoms with E-state index >= 15 is 0 Å². The first-order valence-corrected chi connectivity index (χ1v) is 9.89. The fourth-order valence-electron chi connectivity index (χ4n) is 3.87. The molecule has 1 aromatic heterocycles. The summed E-state index contributed by atoms with van der Waals surface area (Å²) in [5.41, 5.74) is 2.96. The van der Waals surface area contributed by atoms with Crippen molar-refractivity contribution in [2.45, 2.75) is 18.9 Å². The van der Waals surface area contributed by atoms with Crippen molar-refractivity contribution in [3.63, 3.8) is 0 Å². The minimum atomic E-state index is -0.267. The van der Waals surface area contributed by atoms with Gasteiger partial charge in [0.15, 0.2) is 0 Å². The highest BCUT2D eigenvalue weighted by Gasteiger charge is 2.27. The van der Waals surface area contributed by atoms with E-state index in [-0.39, 0.29) is 11.7 Å². The molecule has 0 spiro atoms. The molecule has 0 aliphatic carbocycles. The van der Waals surface area contributed by atoms with Crippen LogP contribution in [0.25, 0.3) is 11.4 Å². The van der Waals surface area contributed by atoms with E-state index in [0.29, 0.717) is 24.7 Å². The SMILES string of the molecule is Fc1ccc2c(c1)C[C@@H](c1nc(-c3cccc(CN4CCOCC4)c3)no1)CO2. The van der Waals surface area contributed by atoms with Gasteiger partial charge < -0.3 is 14.0 Å². The number of hydrogen-bond acceptors (Lipinski definition) is 6. The first-order valence-electron chi connectivity index (χ1n) is 9.89. The number of fused-ring (bicyclic) bond motifs is 1. The number of halogens is 1. The topological polar surface area (TPSA) is 60.6 Å². The molecule has 6 nitrogen and oxygen atoms in total. The van der Waals surface area contributed by atoms with Crippen LogP contribution in [-0.2, 0) is 17.7 Å². The molecular weight excluding hydrogens is 373 g/mol. The molecule has 2 aromatic carbocycles. The predicted octanol–water partition coefficient (Wildman–Crippen LogP) is 3.43. The molecule has 5 rings (SSSR count). The Kier molecular flexibility index (Phi) is 4.99. The molecule has 0 amide bonds. The van der Waals surface area contributed by atoms with Crippen LogP contribution >= 0.6 is 0 Å². The largest absolute Gasteiger partial charge is 0.492 e. The summed E-state index contributed by atoms with van der Waals surface area (Å²) in [5, 5.41) is 4.17. The molecule has 0 bridgehead atoms. The molecule has 3 aromatic rings. The Morgan fingerprint density at radius 1 is 1.10 bits per heavy atom. The van der Waals surface area contributed by atoms with Gasteiger partial charge in [-0.2, -0.15) is 4.98 Å². The first kappa shape index (κ1) is 18.3. The number of ether oxygens (including phenoxy) is 2. The van der Waals surface area contributed by atoms with Gasteiger partial charge in [-0.25, -0.2) is 4.39 Å². The summed E-state index contributed by atoms with van der Waals surface area (Å²) >= 11 is 0. The van der Waals surface area contributed by atoms with Crippen LogP contribution in [-0.4, -0.2) is 48.0 Å². The van der Waals surface area contributed by atoms with Crippen LogP contribution in [0.3, 0.4) is 0 Å². The van der Waals surface area contributed by atoms with Crippen LogP contribution < -0.4 is 4.74 Å². The fourth-order valence-corrected chi connectivity index (χ4v) is 3.87. The van der Waals surface area contributed by atoms with E-state index in [2.05, 4.69) is 27.2 Å². The van der Waals surface area contributed by atoms with Crippen LogP contribution in [0.4, 0.5) is 4.39 Å². The monoisotopic (exact) mass is 395 g/mol. The molecule has 0 radical (unpaired) electrons. The van der Waals surface area contributed by atoms with E-state index in [0.717, 1.165) is 49.7 Å². The first-order chi connectivity index (χ1) is 14.2. The zero-order valence-corrected chi connectivity index (χ0v) is 16.0. The molecule has 0 saturated carbocycles. The third-order valence-corrected chi connectivity index (χ3v) is 5.41. The molecule has 2 aliphatic heterocycles. The van der Waals surface area contributed by atoms with Crippen LogP contribution in [0, 0.1) is 5.82 Å². The second-order valence-electron chi connectivity index (χ2n) is 7.51. The van der Waals surface area contributed by atoms with Crippen molar-refractivity contribution >= 4 is 0 Å². The molecule has 150 valence electrons. The molecule has 7 heteroatoms. The lowest BCUT2D eigenvalue weighted by Crippen LogP contribution is -2.35. The molecular formula is C22H22FN3O3. The molecule has 0 N–H and O–H groups in total. The summed E-state index contributed by atoms with van der Waals surface area (Å²) < 4.78 is 30.2. The lowest BCUT2D eigenvalue weighted by atomic mass is 9.96. The fraction of sp³-hybridized carbons (Fsp3) is 0.364. The van der Waals surface area contributed by atoms with Crippen molar-refractivity contribution < 1.29 is 18.4 Å². The van der Waals surface area contributed by atoms with Crippen molar-refractivity contribution in [2.75, 3.05) is 32.9 Å². The van der Waals surface area contributed by atoms with E-state index in [1.165, 1.54) is 17.7 Å². The Labute approximate surface area is 168 Å². The van der Waals surface area contributed by atoms with E-state index in [9.17, 15) is 4.39 Å². The van der Waals surface area contributed by atoms with Gasteiger partial charge in [-0.1, -0.05) is 23.4 Å². The highest BCUT2D eigenvalue weighted by Crippen LogP contribution is 2.33. The minimum absolute atomic E-state index is 0.0814. The van der Waals surface area contributed by atoms with Gasteiger partial charge in [0.05, 0.1) is 19.1 Å². The summed E-state index contributed by atoms with van der Waals surface area (Å²) in [6.07, 6.45) is 0.617. The molecule has 1 fully saturated rings.